The highest BCUT2D eigenvalue weighted by Gasteiger charge is 2.57. The highest BCUT2D eigenvalue weighted by molar-refractivity contribution is 5.83. The quantitative estimate of drug-likeness (QED) is 0.672. The van der Waals surface area contributed by atoms with E-state index in [1.807, 2.05) is 0 Å². The molecule has 0 aromatic carbocycles. The molecule has 2 atom stereocenters. The summed E-state index contributed by atoms with van der Waals surface area (Å²) < 4.78 is 0. The van der Waals surface area contributed by atoms with Crippen molar-refractivity contribution in [2.75, 3.05) is 7.05 Å². The molecule has 4 fully saturated rings. The topological polar surface area (TPSA) is 55.1 Å². The molecule has 4 bridgehead atoms. The lowest BCUT2D eigenvalue weighted by Crippen LogP contribution is -2.60. The highest BCUT2D eigenvalue weighted by Crippen LogP contribution is 2.59. The van der Waals surface area contributed by atoms with Gasteiger partial charge in [0.2, 0.25) is 5.91 Å². The molecule has 3 N–H and O–H groups in total. The summed E-state index contributed by atoms with van der Waals surface area (Å²) in [6, 6.07) is 0.374. The van der Waals surface area contributed by atoms with Crippen LogP contribution in [0.1, 0.15) is 32.1 Å². The molecule has 4 aliphatic rings. The van der Waals surface area contributed by atoms with E-state index in [9.17, 15) is 4.79 Å². The average Bonchev–Trinajstić information content (AvgIpc) is 2.23. The molecule has 0 aromatic heterocycles. The fourth-order valence-corrected chi connectivity index (χ4v) is 4.61. The predicted octanol–water partition coefficient (Wildman–Crippen LogP) is 0.886. The summed E-state index contributed by atoms with van der Waals surface area (Å²) >= 11 is 0. The van der Waals surface area contributed by atoms with Crippen molar-refractivity contribution in [2.45, 2.75) is 38.1 Å². The summed E-state index contributed by atoms with van der Waals surface area (Å²) in [5.74, 6) is 2.29. The van der Waals surface area contributed by atoms with Gasteiger partial charge in [-0.15, -0.1) is 0 Å². The smallest absolute Gasteiger partial charge is 0.225 e. The van der Waals surface area contributed by atoms with Crippen molar-refractivity contribution in [3.63, 3.8) is 0 Å². The normalized spacial score (nSPS) is 51.9. The van der Waals surface area contributed by atoms with Crippen molar-refractivity contribution in [2.24, 2.45) is 28.9 Å². The van der Waals surface area contributed by atoms with Crippen molar-refractivity contribution < 1.29 is 4.79 Å². The monoisotopic (exact) mass is 208 g/mol. The molecule has 84 valence electrons. The minimum atomic E-state index is -0.0406. The molecule has 1 amide bonds. The van der Waals surface area contributed by atoms with E-state index in [1.54, 1.807) is 7.05 Å². The highest BCUT2D eigenvalue weighted by atomic mass is 16.2. The number of hydrogen-bond acceptors (Lipinski definition) is 2. The maximum Gasteiger partial charge on any atom is 0.225 e. The Labute approximate surface area is 90.8 Å². The summed E-state index contributed by atoms with van der Waals surface area (Å²) in [6.45, 7) is 0. The first-order valence-electron chi connectivity index (χ1n) is 6.12. The molecule has 15 heavy (non-hydrogen) atoms. The third-order valence-corrected chi connectivity index (χ3v) is 5.05. The number of carbonyl (C=O) groups is 1. The van der Waals surface area contributed by atoms with Crippen LogP contribution in [0.5, 0.6) is 0 Å². The van der Waals surface area contributed by atoms with Gasteiger partial charge >= 0.3 is 0 Å². The summed E-state index contributed by atoms with van der Waals surface area (Å²) in [4.78, 5) is 12.0. The van der Waals surface area contributed by atoms with Gasteiger partial charge in [0.1, 0.15) is 0 Å². The summed E-state index contributed by atoms with van der Waals surface area (Å²) in [7, 11) is 1.76. The first-order chi connectivity index (χ1) is 7.14. The number of carbonyl (C=O) groups excluding carboxylic acids is 1. The van der Waals surface area contributed by atoms with Crippen molar-refractivity contribution in [1.82, 2.24) is 5.32 Å². The van der Waals surface area contributed by atoms with Crippen LogP contribution in [0.3, 0.4) is 0 Å². The maximum absolute atomic E-state index is 12.0. The number of rotatable bonds is 1. The minimum absolute atomic E-state index is 0.0406. The predicted molar refractivity (Wildman–Crippen MR) is 58.0 cm³/mol. The zero-order valence-electron chi connectivity index (χ0n) is 9.33. The fourth-order valence-electron chi connectivity index (χ4n) is 4.61. The van der Waals surface area contributed by atoms with Crippen molar-refractivity contribution >= 4 is 5.91 Å². The lowest BCUT2D eigenvalue weighted by molar-refractivity contribution is -0.147. The van der Waals surface area contributed by atoms with Crippen molar-refractivity contribution in [1.29, 1.82) is 0 Å². The van der Waals surface area contributed by atoms with Crippen LogP contribution in [0.2, 0.25) is 0 Å². The Morgan fingerprint density at radius 2 is 1.87 bits per heavy atom. The van der Waals surface area contributed by atoms with Crippen LogP contribution in [-0.4, -0.2) is 19.0 Å². The van der Waals surface area contributed by atoms with E-state index in [1.165, 1.54) is 12.8 Å². The van der Waals surface area contributed by atoms with Gasteiger partial charge in [-0.2, -0.15) is 0 Å². The van der Waals surface area contributed by atoms with Gasteiger partial charge in [0.05, 0.1) is 5.41 Å². The second-order valence-electron chi connectivity index (χ2n) is 5.91. The second-order valence-corrected chi connectivity index (χ2v) is 5.91. The Balaban J connectivity index is 1.92. The molecule has 3 nitrogen and oxygen atoms in total. The summed E-state index contributed by atoms with van der Waals surface area (Å²) in [5, 5.41) is 2.86. The molecular weight excluding hydrogens is 188 g/mol. The first kappa shape index (κ1) is 9.64. The zero-order valence-corrected chi connectivity index (χ0v) is 9.33. The molecule has 3 heteroatoms. The third kappa shape index (κ3) is 1.19. The largest absolute Gasteiger partial charge is 0.359 e. The van der Waals surface area contributed by atoms with E-state index in [2.05, 4.69) is 5.32 Å². The van der Waals surface area contributed by atoms with Gasteiger partial charge in [-0.25, -0.2) is 0 Å². The summed E-state index contributed by atoms with van der Waals surface area (Å²) in [5.41, 5.74) is 6.20. The van der Waals surface area contributed by atoms with Crippen molar-refractivity contribution in [3.8, 4) is 0 Å². The molecule has 4 saturated carbocycles. The number of nitrogens with one attached hydrogen (secondary N) is 1. The van der Waals surface area contributed by atoms with Crippen LogP contribution in [0, 0.1) is 23.2 Å². The number of hydrogen-bond donors (Lipinski definition) is 2. The van der Waals surface area contributed by atoms with E-state index < -0.39 is 0 Å². The lowest BCUT2D eigenvalue weighted by Gasteiger charge is -2.58. The van der Waals surface area contributed by atoms with Gasteiger partial charge in [0.25, 0.3) is 0 Å². The van der Waals surface area contributed by atoms with Crippen LogP contribution < -0.4 is 11.1 Å². The SMILES string of the molecule is CNC(=O)C12CC3CC(C1)C(N)C(C3)C2. The Morgan fingerprint density at radius 3 is 2.40 bits per heavy atom. The van der Waals surface area contributed by atoms with Crippen LogP contribution in [-0.2, 0) is 4.79 Å². The Hall–Kier alpha value is -0.570. The number of nitrogens with two attached hydrogens (primary N) is 1. The van der Waals surface area contributed by atoms with Gasteiger partial charge in [0.15, 0.2) is 0 Å². The fraction of sp³-hybridized carbons (Fsp3) is 0.917. The molecule has 4 aliphatic carbocycles. The van der Waals surface area contributed by atoms with Gasteiger partial charge in [-0.3, -0.25) is 4.79 Å². The first-order valence-corrected chi connectivity index (χ1v) is 6.12. The zero-order chi connectivity index (χ0) is 10.6. The molecule has 0 heterocycles. The van der Waals surface area contributed by atoms with Crippen molar-refractivity contribution in [3.05, 3.63) is 0 Å². The van der Waals surface area contributed by atoms with Crippen LogP contribution in [0.15, 0.2) is 0 Å². The molecule has 4 rings (SSSR count). The lowest BCUT2D eigenvalue weighted by atomic mass is 9.48. The molecule has 0 radical (unpaired) electrons. The average molecular weight is 208 g/mol. The second kappa shape index (κ2) is 2.97. The van der Waals surface area contributed by atoms with Gasteiger partial charge in [0, 0.05) is 13.1 Å². The Bertz CT molecular complexity index is 286. The van der Waals surface area contributed by atoms with Crippen LogP contribution in [0.4, 0.5) is 0 Å². The molecule has 2 unspecified atom stereocenters. The Morgan fingerprint density at radius 1 is 1.27 bits per heavy atom. The third-order valence-electron chi connectivity index (χ3n) is 5.05. The van der Waals surface area contributed by atoms with Crippen LogP contribution >= 0.6 is 0 Å². The molecule has 0 spiro atoms. The van der Waals surface area contributed by atoms with E-state index in [-0.39, 0.29) is 11.3 Å². The summed E-state index contributed by atoms with van der Waals surface area (Å²) in [6.07, 6.45) is 5.75. The van der Waals surface area contributed by atoms with E-state index in [0.717, 1.165) is 25.2 Å². The molecular formula is C12H20N2O. The van der Waals surface area contributed by atoms with Gasteiger partial charge < -0.3 is 11.1 Å². The standard InChI is InChI=1S/C12H20N2O/c1-14-11(15)12-4-7-2-8(5-12)10(13)9(3-7)6-12/h7-10H,2-6,13H2,1H3,(H,14,15). The van der Waals surface area contributed by atoms with E-state index in [0.29, 0.717) is 17.9 Å². The number of amides is 1. The minimum Gasteiger partial charge on any atom is -0.359 e. The van der Waals surface area contributed by atoms with Crippen LogP contribution in [0.25, 0.3) is 0 Å². The van der Waals surface area contributed by atoms with E-state index >= 15 is 0 Å². The maximum atomic E-state index is 12.0. The molecule has 0 saturated heterocycles. The molecule has 0 aliphatic heterocycles. The van der Waals surface area contributed by atoms with E-state index in [4.69, 9.17) is 5.73 Å². The molecule has 0 aromatic rings. The van der Waals surface area contributed by atoms with Gasteiger partial charge in [-0.1, -0.05) is 0 Å². The Kier molecular flexibility index (Phi) is 1.91. The van der Waals surface area contributed by atoms with Gasteiger partial charge in [-0.05, 0) is 49.9 Å².